The van der Waals surface area contributed by atoms with Crippen LogP contribution in [-0.4, -0.2) is 35.7 Å². The second kappa shape index (κ2) is 6.88. The van der Waals surface area contributed by atoms with Gasteiger partial charge in [-0.25, -0.2) is 0 Å². The van der Waals surface area contributed by atoms with Gasteiger partial charge in [-0.2, -0.15) is 0 Å². The van der Waals surface area contributed by atoms with E-state index in [-0.39, 0.29) is 28.8 Å². The first-order chi connectivity index (χ1) is 14.7. The van der Waals surface area contributed by atoms with Crippen LogP contribution < -0.4 is 0 Å². The molecule has 174 valence electrons. The molecule has 4 aliphatic carbocycles. The van der Waals surface area contributed by atoms with Crippen LogP contribution in [0.15, 0.2) is 23.8 Å². The van der Waals surface area contributed by atoms with Crippen molar-refractivity contribution < 1.29 is 28.7 Å². The topological polar surface area (TPSA) is 86.7 Å². The molecule has 0 spiro atoms. The Balaban J connectivity index is 2.01. The molecule has 0 aromatic rings. The molecule has 0 saturated heterocycles. The zero-order valence-corrected chi connectivity index (χ0v) is 20.1. The fourth-order valence-electron chi connectivity index (χ4n) is 7.96. The van der Waals surface area contributed by atoms with Crippen LogP contribution in [0.3, 0.4) is 0 Å². The van der Waals surface area contributed by atoms with Gasteiger partial charge in [-0.15, -0.1) is 0 Å². The lowest BCUT2D eigenvalue weighted by atomic mass is 9.38. The molecule has 0 amide bonds. The molecule has 4 rings (SSSR count). The van der Waals surface area contributed by atoms with Gasteiger partial charge in [0.1, 0.15) is 12.2 Å². The van der Waals surface area contributed by atoms with Gasteiger partial charge in [-0.3, -0.25) is 19.2 Å². The molecule has 0 aromatic carbocycles. The number of rotatable bonds is 2. The van der Waals surface area contributed by atoms with Gasteiger partial charge in [-0.1, -0.05) is 46.3 Å². The molecular formula is C26H34O6. The van der Waals surface area contributed by atoms with Crippen molar-refractivity contribution in [2.45, 2.75) is 79.9 Å². The minimum absolute atomic E-state index is 0.00464. The number of ketones is 2. The summed E-state index contributed by atoms with van der Waals surface area (Å²) in [5.41, 5.74) is -1.34. The summed E-state index contributed by atoms with van der Waals surface area (Å²) in [5, 5.41) is 0. The molecule has 1 unspecified atom stereocenters. The van der Waals surface area contributed by atoms with Gasteiger partial charge >= 0.3 is 11.9 Å². The largest absolute Gasteiger partial charge is 0.458 e. The summed E-state index contributed by atoms with van der Waals surface area (Å²) in [4.78, 5) is 50.2. The third-order valence-corrected chi connectivity index (χ3v) is 9.05. The van der Waals surface area contributed by atoms with E-state index in [0.29, 0.717) is 6.42 Å². The van der Waals surface area contributed by atoms with E-state index in [2.05, 4.69) is 20.8 Å². The molecular weight excluding hydrogens is 408 g/mol. The Morgan fingerprint density at radius 2 is 1.62 bits per heavy atom. The van der Waals surface area contributed by atoms with Gasteiger partial charge in [0.15, 0.2) is 11.6 Å². The predicted octanol–water partition coefficient (Wildman–Crippen LogP) is 3.97. The molecule has 0 aliphatic heterocycles. The molecule has 0 radical (unpaired) electrons. The van der Waals surface area contributed by atoms with E-state index in [1.54, 1.807) is 12.2 Å². The van der Waals surface area contributed by atoms with Gasteiger partial charge in [0.05, 0.1) is 0 Å². The SMILES string of the molecule is CC(=O)O[C@@H]1C2C(C)(C)C(=O)C=C[C@]2(C)[C@H]2CC[C@@]3(C)CC(=O)C=C3[C@]2(C)[C@@H]1OC(C)=O. The molecule has 2 saturated carbocycles. The zero-order chi connectivity index (χ0) is 23.9. The Morgan fingerprint density at radius 3 is 2.22 bits per heavy atom. The second-order valence-electron chi connectivity index (χ2n) is 11.5. The van der Waals surface area contributed by atoms with Crippen LogP contribution in [0.1, 0.15) is 67.7 Å². The second-order valence-corrected chi connectivity index (χ2v) is 11.5. The third kappa shape index (κ3) is 2.90. The first-order valence-electron chi connectivity index (χ1n) is 11.5. The Morgan fingerprint density at radius 1 is 1.00 bits per heavy atom. The van der Waals surface area contributed by atoms with Crippen molar-refractivity contribution in [1.82, 2.24) is 0 Å². The molecule has 0 aromatic heterocycles. The molecule has 7 atom stereocenters. The summed E-state index contributed by atoms with van der Waals surface area (Å²) in [5.74, 6) is -1.27. The lowest BCUT2D eigenvalue weighted by molar-refractivity contribution is -0.237. The van der Waals surface area contributed by atoms with Crippen molar-refractivity contribution in [1.29, 1.82) is 0 Å². The van der Waals surface area contributed by atoms with E-state index in [4.69, 9.17) is 9.47 Å². The number of hydrogen-bond acceptors (Lipinski definition) is 6. The molecule has 2 fully saturated rings. The summed E-state index contributed by atoms with van der Waals surface area (Å²) >= 11 is 0. The molecule has 4 aliphatic rings. The number of ether oxygens (including phenoxy) is 2. The number of hydrogen-bond donors (Lipinski definition) is 0. The van der Waals surface area contributed by atoms with E-state index in [1.807, 2.05) is 19.9 Å². The van der Waals surface area contributed by atoms with Crippen LogP contribution in [0, 0.1) is 33.5 Å². The predicted molar refractivity (Wildman–Crippen MR) is 117 cm³/mol. The first kappa shape index (κ1) is 22.9. The van der Waals surface area contributed by atoms with Crippen molar-refractivity contribution in [3.05, 3.63) is 23.8 Å². The quantitative estimate of drug-likeness (QED) is 0.602. The fraction of sp³-hybridized carbons (Fsp3) is 0.692. The van der Waals surface area contributed by atoms with Crippen LogP contribution in [-0.2, 0) is 28.7 Å². The Labute approximate surface area is 189 Å². The molecule has 32 heavy (non-hydrogen) atoms. The summed E-state index contributed by atoms with van der Waals surface area (Å²) in [6, 6.07) is 0. The van der Waals surface area contributed by atoms with Crippen molar-refractivity contribution in [2.24, 2.45) is 33.5 Å². The van der Waals surface area contributed by atoms with Crippen LogP contribution >= 0.6 is 0 Å². The molecule has 0 N–H and O–H groups in total. The molecule has 0 bridgehead atoms. The minimum Gasteiger partial charge on any atom is -0.458 e. The van der Waals surface area contributed by atoms with Crippen molar-refractivity contribution in [3.63, 3.8) is 0 Å². The normalized spacial score (nSPS) is 44.2. The van der Waals surface area contributed by atoms with Crippen molar-refractivity contribution >= 4 is 23.5 Å². The fourth-order valence-corrected chi connectivity index (χ4v) is 7.96. The number of carbonyl (C=O) groups excluding carboxylic acids is 4. The monoisotopic (exact) mass is 442 g/mol. The Kier molecular flexibility index (Phi) is 4.93. The number of carbonyl (C=O) groups is 4. The average molecular weight is 443 g/mol. The highest BCUT2D eigenvalue weighted by molar-refractivity contribution is 5.96. The van der Waals surface area contributed by atoms with E-state index in [0.717, 1.165) is 18.4 Å². The van der Waals surface area contributed by atoms with Gasteiger partial charge in [-0.05, 0) is 41.7 Å². The first-order valence-corrected chi connectivity index (χ1v) is 11.5. The summed E-state index contributed by atoms with van der Waals surface area (Å²) in [7, 11) is 0. The van der Waals surface area contributed by atoms with Gasteiger partial charge in [0, 0.05) is 37.0 Å². The molecule has 0 heterocycles. The van der Waals surface area contributed by atoms with E-state index < -0.39 is 40.4 Å². The van der Waals surface area contributed by atoms with Crippen molar-refractivity contribution in [3.8, 4) is 0 Å². The van der Waals surface area contributed by atoms with Gasteiger partial charge in [0.25, 0.3) is 0 Å². The number of esters is 2. The maximum absolute atomic E-state index is 13.0. The van der Waals surface area contributed by atoms with E-state index in [9.17, 15) is 19.2 Å². The van der Waals surface area contributed by atoms with Gasteiger partial charge < -0.3 is 9.47 Å². The average Bonchev–Trinajstić information content (AvgIpc) is 2.96. The maximum atomic E-state index is 13.0. The van der Waals surface area contributed by atoms with Crippen LogP contribution in [0.2, 0.25) is 0 Å². The van der Waals surface area contributed by atoms with E-state index in [1.165, 1.54) is 13.8 Å². The summed E-state index contributed by atoms with van der Waals surface area (Å²) < 4.78 is 11.9. The van der Waals surface area contributed by atoms with Crippen LogP contribution in [0.25, 0.3) is 0 Å². The summed E-state index contributed by atoms with van der Waals surface area (Å²) in [6.07, 6.45) is 5.89. The van der Waals surface area contributed by atoms with Crippen LogP contribution in [0.5, 0.6) is 0 Å². The van der Waals surface area contributed by atoms with Crippen molar-refractivity contribution in [2.75, 3.05) is 0 Å². The summed E-state index contributed by atoms with van der Waals surface area (Å²) in [6.45, 7) is 12.8. The highest BCUT2D eigenvalue weighted by Crippen LogP contribution is 2.71. The standard InChI is InChI=1S/C26H34O6/c1-14(27)31-20-21-23(3,4)19(30)9-11-25(21,6)17-8-10-24(5)13-16(29)12-18(24)26(17,7)22(20)32-15(2)28/h9,11-12,17,20-22H,8,10,13H2,1-7H3/t17-,20-,21?,22-,24+,25-,26-/m1/s1. The molecule has 6 heteroatoms. The zero-order valence-electron chi connectivity index (χ0n) is 20.1. The lowest BCUT2D eigenvalue weighted by Crippen LogP contribution is -2.70. The number of fused-ring (bicyclic) bond motifs is 5. The van der Waals surface area contributed by atoms with Crippen LogP contribution in [0.4, 0.5) is 0 Å². The molecule has 6 nitrogen and oxygen atoms in total. The minimum atomic E-state index is -0.816. The lowest BCUT2D eigenvalue weighted by Gasteiger charge is -2.67. The van der Waals surface area contributed by atoms with E-state index >= 15 is 0 Å². The number of allylic oxidation sites excluding steroid dienone is 3. The Hall–Kier alpha value is -2.24. The third-order valence-electron chi connectivity index (χ3n) is 9.05. The maximum Gasteiger partial charge on any atom is 0.303 e. The highest BCUT2D eigenvalue weighted by atomic mass is 16.6. The smallest absolute Gasteiger partial charge is 0.303 e. The highest BCUT2D eigenvalue weighted by Gasteiger charge is 2.72. The van der Waals surface area contributed by atoms with Gasteiger partial charge in [0.2, 0.25) is 0 Å². The Bertz CT molecular complexity index is 973.